The van der Waals surface area contributed by atoms with Crippen molar-refractivity contribution < 1.29 is 42.5 Å². The van der Waals surface area contributed by atoms with Crippen LogP contribution >= 0.6 is 0 Å². The number of carbonyl (C=O) groups excluding carboxylic acids is 3. The van der Waals surface area contributed by atoms with Crippen molar-refractivity contribution in [1.29, 1.82) is 0 Å². The molecule has 3 N–H and O–H groups in total. The minimum atomic E-state index is -0.570. The van der Waals surface area contributed by atoms with E-state index >= 15 is 0 Å². The Morgan fingerprint density at radius 3 is 1.17 bits per heavy atom. The zero-order chi connectivity index (χ0) is 70.0. The normalized spacial score (nSPS) is 12.2. The van der Waals surface area contributed by atoms with Crippen LogP contribution < -0.4 is 16.0 Å². The SMILES string of the molecule is CCOC(=O)C1=NOC(c2nc(NCc3ccccn3)c3c(-c4ccccc4)cccc3n2)C1.CCOC(=O)c1cc(-c2nc(NCc3ccccn3)c3c(-c4ccccc4)cccc3n2)on1.CCOC(=O)c1cc(-c2nc(NCc3ccccn3)c3c(-c4ccccc4)cccc3n2)on1. The van der Waals surface area contributed by atoms with Crippen LogP contribution in [0, 0.1) is 0 Å². The number of benzene rings is 6. The van der Waals surface area contributed by atoms with E-state index < -0.39 is 24.0 Å². The zero-order valence-corrected chi connectivity index (χ0v) is 55.5. The van der Waals surface area contributed by atoms with Gasteiger partial charge in [0.05, 0.1) is 89.2 Å². The zero-order valence-electron chi connectivity index (χ0n) is 55.5. The standard InChI is InChI=1S/C26H23N5O3.2C26H21N5O3/c3*1-2-33-26(32)21-15-22(34-31-21)24-29-20-13-8-12-19(17-9-4-3-5-10-17)23(20)25(30-24)28-16-18-11-6-7-14-27-18/h3-14,22H,2,15-16H2,1H3,(H,28,29,30);2*3-15H,2,16H2,1H3,(H,28,29,30). The van der Waals surface area contributed by atoms with E-state index in [9.17, 15) is 14.4 Å². The third-order valence-corrected chi connectivity index (χ3v) is 15.8. The molecule has 0 radical (unpaired) electrons. The summed E-state index contributed by atoms with van der Waals surface area (Å²) in [5, 5.41) is 24.4. The maximum absolute atomic E-state index is 12.1. The van der Waals surface area contributed by atoms with Crippen molar-refractivity contribution in [2.45, 2.75) is 52.9 Å². The highest BCUT2D eigenvalue weighted by Crippen LogP contribution is 2.38. The van der Waals surface area contributed by atoms with Crippen LogP contribution in [-0.4, -0.2) is 98.6 Å². The highest BCUT2D eigenvalue weighted by atomic mass is 16.6. The third-order valence-electron chi connectivity index (χ3n) is 15.8. The molecule has 15 rings (SSSR count). The van der Waals surface area contributed by atoms with E-state index in [1.165, 1.54) is 12.1 Å². The molecule has 1 aliphatic rings. The van der Waals surface area contributed by atoms with E-state index in [1.54, 1.807) is 39.4 Å². The molecule has 24 nitrogen and oxygen atoms in total. The van der Waals surface area contributed by atoms with E-state index in [4.69, 9.17) is 58.0 Å². The number of aromatic nitrogens is 11. The third kappa shape index (κ3) is 15.9. The topological polar surface area (TPSA) is 305 Å². The van der Waals surface area contributed by atoms with Crippen LogP contribution in [-0.2, 0) is 43.5 Å². The van der Waals surface area contributed by atoms with Crippen molar-refractivity contribution in [3.05, 3.63) is 265 Å². The fourth-order valence-electron chi connectivity index (χ4n) is 11.1. The minimum Gasteiger partial charge on any atom is -0.461 e. The molecule has 0 spiro atoms. The molecule has 0 amide bonds. The Kier molecular flexibility index (Phi) is 21.2. The highest BCUT2D eigenvalue weighted by molar-refractivity contribution is 6.36. The Bertz CT molecular complexity index is 5030. The van der Waals surface area contributed by atoms with Crippen LogP contribution in [0.5, 0.6) is 0 Å². The van der Waals surface area contributed by atoms with E-state index in [1.807, 2.05) is 182 Å². The summed E-state index contributed by atoms with van der Waals surface area (Å²) in [6.45, 7) is 7.42. The molecule has 0 bridgehead atoms. The molecule has 14 aromatic rings. The highest BCUT2D eigenvalue weighted by Gasteiger charge is 2.32. The van der Waals surface area contributed by atoms with Crippen molar-refractivity contribution in [3.63, 3.8) is 0 Å². The summed E-state index contributed by atoms with van der Waals surface area (Å²) in [7, 11) is 0. The van der Waals surface area contributed by atoms with Gasteiger partial charge in [-0.2, -0.15) is 0 Å². The van der Waals surface area contributed by atoms with Gasteiger partial charge in [-0.15, -0.1) is 0 Å². The fraction of sp³-hybridized carbons (Fsp3) is 0.141. The van der Waals surface area contributed by atoms with Crippen LogP contribution in [0.1, 0.15) is 77.2 Å². The lowest BCUT2D eigenvalue weighted by Crippen LogP contribution is -2.17. The lowest BCUT2D eigenvalue weighted by Gasteiger charge is -2.16. The number of nitrogens with one attached hydrogen (secondary N) is 3. The molecule has 9 heterocycles. The molecule has 1 unspecified atom stereocenters. The summed E-state index contributed by atoms with van der Waals surface area (Å²) in [6.07, 6.45) is 4.95. The Morgan fingerprint density at radius 2 is 0.784 bits per heavy atom. The largest absolute Gasteiger partial charge is 0.461 e. The summed E-state index contributed by atoms with van der Waals surface area (Å²) < 4.78 is 25.8. The lowest BCUT2D eigenvalue weighted by atomic mass is 10.0. The summed E-state index contributed by atoms with van der Waals surface area (Å²) in [5.74, 6) is 1.93. The second-order valence-corrected chi connectivity index (χ2v) is 22.6. The fourth-order valence-corrected chi connectivity index (χ4v) is 11.1. The van der Waals surface area contributed by atoms with E-state index in [2.05, 4.69) is 64.6 Å². The molecule has 0 aliphatic carbocycles. The van der Waals surface area contributed by atoms with Crippen LogP contribution in [0.25, 0.3) is 89.3 Å². The number of pyridine rings is 3. The number of hydrogen-bond donors (Lipinski definition) is 3. The average Bonchev–Trinajstić information content (AvgIpc) is 1.12. The van der Waals surface area contributed by atoms with Crippen LogP contribution in [0.4, 0.5) is 17.5 Å². The predicted octanol–water partition coefficient (Wildman–Crippen LogP) is 15.0. The quantitative estimate of drug-likeness (QED) is 0.0445. The maximum Gasteiger partial charge on any atom is 0.360 e. The Labute approximate surface area is 584 Å². The first kappa shape index (κ1) is 67.1. The van der Waals surface area contributed by atoms with Gasteiger partial charge in [-0.3, -0.25) is 15.0 Å². The first-order valence-electron chi connectivity index (χ1n) is 32.9. The molecule has 506 valence electrons. The number of hydrogen-bond acceptors (Lipinski definition) is 24. The Hall–Kier alpha value is -13.5. The van der Waals surface area contributed by atoms with Crippen LogP contribution in [0.15, 0.2) is 245 Å². The molecule has 0 saturated carbocycles. The number of carbonyl (C=O) groups is 3. The molecule has 24 heteroatoms. The molecular weight excluding hydrogens is 1290 g/mol. The van der Waals surface area contributed by atoms with Gasteiger partial charge in [0.2, 0.25) is 23.2 Å². The van der Waals surface area contributed by atoms with E-state index in [-0.39, 0.29) is 54.9 Å². The first-order chi connectivity index (χ1) is 50.2. The van der Waals surface area contributed by atoms with Gasteiger partial charge in [0.25, 0.3) is 0 Å². The first-order valence-corrected chi connectivity index (χ1v) is 32.9. The van der Waals surface area contributed by atoms with Gasteiger partial charge in [0.15, 0.2) is 29.0 Å². The van der Waals surface area contributed by atoms with Crippen LogP contribution in [0.2, 0.25) is 0 Å². The average molecular weight is 1360 g/mol. The second kappa shape index (κ2) is 32.2. The summed E-state index contributed by atoms with van der Waals surface area (Å²) in [6, 6.07) is 68.3. The molecule has 1 aliphatic heterocycles. The summed E-state index contributed by atoms with van der Waals surface area (Å²) >= 11 is 0. The Balaban J connectivity index is 0.000000137. The Morgan fingerprint density at radius 1 is 0.412 bits per heavy atom. The molecule has 6 aromatic carbocycles. The number of fused-ring (bicyclic) bond motifs is 3. The summed E-state index contributed by atoms with van der Waals surface area (Å²) in [4.78, 5) is 83.4. The molecule has 0 fully saturated rings. The molecular formula is C78H65N15O9. The van der Waals surface area contributed by atoms with E-state index in [0.29, 0.717) is 54.6 Å². The number of rotatable bonds is 21. The van der Waals surface area contributed by atoms with Crippen molar-refractivity contribution in [1.82, 2.24) is 55.2 Å². The van der Waals surface area contributed by atoms with Crippen LogP contribution in [0.3, 0.4) is 0 Å². The molecule has 8 aromatic heterocycles. The monoisotopic (exact) mass is 1360 g/mol. The molecule has 0 saturated heterocycles. The molecule has 1 atom stereocenters. The van der Waals surface area contributed by atoms with Gasteiger partial charge < -0.3 is 44.0 Å². The molecule has 102 heavy (non-hydrogen) atoms. The van der Waals surface area contributed by atoms with Gasteiger partial charge in [0.1, 0.15) is 17.5 Å². The summed E-state index contributed by atoms with van der Waals surface area (Å²) in [5.41, 5.74) is 11.4. The number of anilines is 3. The number of nitrogens with zero attached hydrogens (tertiary/aromatic N) is 12. The number of esters is 3. The van der Waals surface area contributed by atoms with Gasteiger partial charge in [-0.05, 0) is 109 Å². The van der Waals surface area contributed by atoms with Gasteiger partial charge >= 0.3 is 17.9 Å². The number of oxime groups is 1. The number of ether oxygens (including phenoxy) is 3. The van der Waals surface area contributed by atoms with Crippen molar-refractivity contribution >= 4 is 73.8 Å². The van der Waals surface area contributed by atoms with E-state index in [0.717, 1.165) is 83.2 Å². The maximum atomic E-state index is 12.1. The van der Waals surface area contributed by atoms with Crippen molar-refractivity contribution in [2.75, 3.05) is 35.8 Å². The van der Waals surface area contributed by atoms with Crippen molar-refractivity contribution in [2.24, 2.45) is 5.16 Å². The predicted molar refractivity (Wildman–Crippen MR) is 385 cm³/mol. The lowest BCUT2D eigenvalue weighted by molar-refractivity contribution is -0.135. The second-order valence-electron chi connectivity index (χ2n) is 22.6. The minimum absolute atomic E-state index is 0.0709. The van der Waals surface area contributed by atoms with Crippen molar-refractivity contribution in [3.8, 4) is 56.6 Å². The van der Waals surface area contributed by atoms with Gasteiger partial charge in [0, 0.05) is 37.1 Å². The smallest absolute Gasteiger partial charge is 0.360 e. The van der Waals surface area contributed by atoms with Gasteiger partial charge in [-0.1, -0.05) is 161 Å². The van der Waals surface area contributed by atoms with Gasteiger partial charge in [-0.25, -0.2) is 44.3 Å².